The zero-order chi connectivity index (χ0) is 18.6. The van der Waals surface area contributed by atoms with E-state index in [1.807, 2.05) is 0 Å². The van der Waals surface area contributed by atoms with Gasteiger partial charge in [-0.25, -0.2) is 12.8 Å². The summed E-state index contributed by atoms with van der Waals surface area (Å²) in [6, 6.07) is 1.41. The van der Waals surface area contributed by atoms with Crippen molar-refractivity contribution < 1.29 is 35.9 Å². The van der Waals surface area contributed by atoms with Crippen molar-refractivity contribution in [3.63, 3.8) is 0 Å². The van der Waals surface area contributed by atoms with E-state index in [0.717, 1.165) is 4.31 Å². The molecule has 1 saturated carbocycles. The monoisotopic (exact) mass is 381 g/mol. The number of benzene rings is 1. The molecule has 10 heteroatoms. The minimum Gasteiger partial charge on any atom is -0.481 e. The van der Waals surface area contributed by atoms with E-state index in [-0.39, 0.29) is 19.0 Å². The Morgan fingerprint density at radius 2 is 2.00 bits per heavy atom. The minimum atomic E-state index is -4.93. The third-order valence-electron chi connectivity index (χ3n) is 5.15. The van der Waals surface area contributed by atoms with Gasteiger partial charge in [-0.05, 0) is 37.0 Å². The molecule has 0 bridgehead atoms. The van der Waals surface area contributed by atoms with Crippen LogP contribution in [0.25, 0.3) is 0 Å². The molecule has 2 aliphatic rings. The van der Waals surface area contributed by atoms with E-state index in [1.54, 1.807) is 0 Å². The Morgan fingerprint density at radius 3 is 2.52 bits per heavy atom. The van der Waals surface area contributed by atoms with Gasteiger partial charge in [-0.2, -0.15) is 17.5 Å². The number of alkyl halides is 3. The second kappa shape index (κ2) is 5.66. The molecule has 2 fully saturated rings. The Morgan fingerprint density at radius 1 is 1.32 bits per heavy atom. The Hall–Kier alpha value is -1.68. The smallest absolute Gasteiger partial charge is 0.419 e. The van der Waals surface area contributed by atoms with Gasteiger partial charge < -0.3 is 5.11 Å². The normalized spacial score (nSPS) is 27.4. The molecule has 0 unspecified atom stereocenters. The Labute approximate surface area is 141 Å². The minimum absolute atomic E-state index is 0.0305. The summed E-state index contributed by atoms with van der Waals surface area (Å²) in [5.74, 6) is -3.11. The summed E-state index contributed by atoms with van der Waals surface area (Å²) in [4.78, 5) is 11.0. The lowest BCUT2D eigenvalue weighted by molar-refractivity contribution is -0.149. The van der Waals surface area contributed by atoms with E-state index >= 15 is 0 Å². The van der Waals surface area contributed by atoms with Gasteiger partial charge >= 0.3 is 12.1 Å². The van der Waals surface area contributed by atoms with Crippen molar-refractivity contribution in [2.45, 2.75) is 30.3 Å². The molecule has 1 aliphatic heterocycles. The molecule has 1 heterocycles. The van der Waals surface area contributed by atoms with Crippen LogP contribution in [-0.2, 0) is 21.0 Å². The van der Waals surface area contributed by atoms with Gasteiger partial charge in [0.25, 0.3) is 0 Å². The predicted molar refractivity (Wildman–Crippen MR) is 77.6 cm³/mol. The van der Waals surface area contributed by atoms with Crippen molar-refractivity contribution in [2.75, 3.05) is 13.1 Å². The summed E-state index contributed by atoms with van der Waals surface area (Å²) >= 11 is 0. The molecule has 0 spiro atoms. The van der Waals surface area contributed by atoms with Crippen molar-refractivity contribution >= 4 is 16.0 Å². The van der Waals surface area contributed by atoms with Crippen LogP contribution in [0.2, 0.25) is 0 Å². The second-order valence-corrected chi connectivity index (χ2v) is 8.43. The van der Waals surface area contributed by atoms with Crippen LogP contribution in [0.3, 0.4) is 0 Å². The number of hydrogen-bond acceptors (Lipinski definition) is 3. The van der Waals surface area contributed by atoms with Crippen LogP contribution in [0.4, 0.5) is 17.6 Å². The van der Waals surface area contributed by atoms with Gasteiger partial charge in [0.1, 0.15) is 5.82 Å². The van der Waals surface area contributed by atoms with Gasteiger partial charge in [-0.1, -0.05) is 6.42 Å². The van der Waals surface area contributed by atoms with Gasteiger partial charge in [0, 0.05) is 13.1 Å². The molecule has 0 amide bonds. The Kier molecular flexibility index (Phi) is 4.11. The maximum Gasteiger partial charge on any atom is 0.419 e. The lowest BCUT2D eigenvalue weighted by Gasteiger charge is -2.23. The molecule has 0 aromatic heterocycles. The van der Waals surface area contributed by atoms with Crippen LogP contribution in [0, 0.1) is 17.2 Å². The zero-order valence-corrected chi connectivity index (χ0v) is 13.7. The van der Waals surface area contributed by atoms with Crippen molar-refractivity contribution in [1.82, 2.24) is 4.31 Å². The maximum absolute atomic E-state index is 13.7. The molecule has 1 aromatic rings. The molecular formula is C15H15F4NO4S. The summed E-state index contributed by atoms with van der Waals surface area (Å²) in [7, 11) is -4.27. The fraction of sp³-hybridized carbons (Fsp3) is 0.533. The highest BCUT2D eigenvalue weighted by Gasteiger charge is 2.57. The summed E-state index contributed by atoms with van der Waals surface area (Å²) in [5.41, 5.74) is -2.72. The highest BCUT2D eigenvalue weighted by atomic mass is 32.2. The second-order valence-electron chi connectivity index (χ2n) is 6.49. The zero-order valence-electron chi connectivity index (χ0n) is 12.9. The van der Waals surface area contributed by atoms with Gasteiger partial charge in [0.05, 0.1) is 15.9 Å². The number of halogens is 4. The van der Waals surface area contributed by atoms with E-state index in [1.165, 1.54) is 0 Å². The van der Waals surface area contributed by atoms with E-state index in [4.69, 9.17) is 0 Å². The number of hydrogen-bond donors (Lipinski definition) is 1. The third kappa shape index (κ3) is 2.80. The van der Waals surface area contributed by atoms with Crippen LogP contribution in [0.1, 0.15) is 24.8 Å². The molecule has 1 saturated heterocycles. The molecule has 1 aromatic carbocycles. The van der Waals surface area contributed by atoms with E-state index in [0.29, 0.717) is 37.5 Å². The van der Waals surface area contributed by atoms with Crippen LogP contribution in [0.15, 0.2) is 23.1 Å². The molecule has 2 atom stereocenters. The molecular weight excluding hydrogens is 366 g/mol. The van der Waals surface area contributed by atoms with Crippen molar-refractivity contribution in [3.05, 3.63) is 29.6 Å². The Balaban J connectivity index is 1.93. The molecule has 5 nitrogen and oxygen atoms in total. The first-order valence-electron chi connectivity index (χ1n) is 7.59. The molecule has 25 heavy (non-hydrogen) atoms. The van der Waals surface area contributed by atoms with Gasteiger partial charge in [0.15, 0.2) is 0 Å². The molecule has 3 rings (SSSR count). The number of aliphatic carboxylic acids is 1. The lowest BCUT2D eigenvalue weighted by atomic mass is 9.81. The number of rotatable bonds is 3. The largest absolute Gasteiger partial charge is 0.481 e. The van der Waals surface area contributed by atoms with Crippen molar-refractivity contribution in [3.8, 4) is 0 Å². The Bertz CT molecular complexity index is 823. The van der Waals surface area contributed by atoms with Crippen molar-refractivity contribution in [2.24, 2.45) is 11.3 Å². The van der Waals surface area contributed by atoms with Gasteiger partial charge in [-0.15, -0.1) is 0 Å². The first kappa shape index (κ1) is 18.1. The SMILES string of the molecule is O=C(O)[C@@]12CCC[C@H]1CN(S(=O)(=O)c1ccc(C(F)(F)F)c(F)c1)C2. The molecule has 138 valence electrons. The molecule has 1 N–H and O–H groups in total. The third-order valence-corrected chi connectivity index (χ3v) is 6.96. The maximum atomic E-state index is 13.7. The first-order chi connectivity index (χ1) is 11.5. The summed E-state index contributed by atoms with van der Waals surface area (Å²) in [5, 5.41) is 9.49. The fourth-order valence-electron chi connectivity index (χ4n) is 3.81. The van der Waals surface area contributed by atoms with Crippen LogP contribution in [0.5, 0.6) is 0 Å². The van der Waals surface area contributed by atoms with E-state index in [2.05, 4.69) is 0 Å². The highest BCUT2D eigenvalue weighted by molar-refractivity contribution is 7.89. The first-order valence-corrected chi connectivity index (χ1v) is 9.03. The molecule has 1 aliphatic carbocycles. The standard InChI is InChI=1S/C15H15F4NO4S/c16-12-6-10(3-4-11(12)15(17,18)19)25(23,24)20-7-9-2-1-5-14(9,8-20)13(21)22/h3-4,6,9H,1-2,5,7-8H2,(H,21,22)/t9-,14+/m0/s1. The van der Waals surface area contributed by atoms with Crippen molar-refractivity contribution in [1.29, 1.82) is 0 Å². The number of carbonyl (C=O) groups is 1. The number of fused-ring (bicyclic) bond motifs is 1. The quantitative estimate of drug-likeness (QED) is 0.817. The topological polar surface area (TPSA) is 74.7 Å². The average molecular weight is 381 g/mol. The predicted octanol–water partition coefficient (Wildman–Crippen LogP) is 2.72. The van der Waals surface area contributed by atoms with E-state index in [9.17, 15) is 35.9 Å². The van der Waals surface area contributed by atoms with Crippen LogP contribution in [-0.4, -0.2) is 36.9 Å². The van der Waals surface area contributed by atoms with E-state index < -0.39 is 43.9 Å². The molecule has 0 radical (unpaired) electrons. The van der Waals surface area contributed by atoms with Crippen LogP contribution >= 0.6 is 0 Å². The average Bonchev–Trinajstić information content (AvgIpc) is 3.03. The highest BCUT2D eigenvalue weighted by Crippen LogP contribution is 2.50. The summed E-state index contributed by atoms with van der Waals surface area (Å²) < 4.78 is 77.7. The fourth-order valence-corrected chi connectivity index (χ4v) is 5.38. The van der Waals surface area contributed by atoms with Gasteiger partial charge in [-0.3, -0.25) is 4.79 Å². The number of carboxylic acids is 1. The summed E-state index contributed by atoms with van der Waals surface area (Å²) in [6.07, 6.45) is -3.33. The van der Waals surface area contributed by atoms with Crippen LogP contribution < -0.4 is 0 Å². The number of nitrogens with zero attached hydrogens (tertiary/aromatic N) is 1. The lowest BCUT2D eigenvalue weighted by Crippen LogP contribution is -2.37. The van der Waals surface area contributed by atoms with Gasteiger partial charge in [0.2, 0.25) is 10.0 Å². The summed E-state index contributed by atoms with van der Waals surface area (Å²) in [6.45, 7) is -0.282. The number of sulfonamides is 1. The number of carboxylic acid groups (broad SMARTS) is 1.